The first-order chi connectivity index (χ1) is 10.3. The van der Waals surface area contributed by atoms with Crippen LogP contribution >= 0.6 is 0 Å². The largest absolute Gasteiger partial charge is 0.357 e. The highest BCUT2D eigenvalue weighted by molar-refractivity contribution is 5.38. The Labute approximate surface area is 129 Å². The minimum Gasteiger partial charge on any atom is -0.357 e. The molecule has 1 aliphatic heterocycles. The topological polar surface area (TPSA) is 28.2 Å². The SMILES string of the molecule is CC1(CNC2CCN(c3ccccn3)CC2)CCCCC1. The van der Waals surface area contributed by atoms with Gasteiger partial charge in [0.15, 0.2) is 0 Å². The molecule has 1 aliphatic carbocycles. The number of pyridine rings is 1. The Morgan fingerprint density at radius 3 is 2.62 bits per heavy atom. The lowest BCUT2D eigenvalue weighted by atomic mass is 9.75. The van der Waals surface area contributed by atoms with E-state index in [0.717, 1.165) is 18.9 Å². The van der Waals surface area contributed by atoms with Crippen molar-refractivity contribution in [3.05, 3.63) is 24.4 Å². The molecule has 1 saturated carbocycles. The van der Waals surface area contributed by atoms with Gasteiger partial charge in [-0.05, 0) is 43.2 Å². The van der Waals surface area contributed by atoms with E-state index < -0.39 is 0 Å². The first kappa shape index (κ1) is 14.8. The van der Waals surface area contributed by atoms with E-state index in [1.165, 1.54) is 51.5 Å². The second-order valence-electron chi connectivity index (χ2n) is 7.20. The van der Waals surface area contributed by atoms with Gasteiger partial charge in [0.2, 0.25) is 0 Å². The predicted molar refractivity (Wildman–Crippen MR) is 88.7 cm³/mol. The van der Waals surface area contributed by atoms with E-state index in [0.29, 0.717) is 11.5 Å². The van der Waals surface area contributed by atoms with Crippen molar-refractivity contribution in [3.8, 4) is 0 Å². The molecule has 3 nitrogen and oxygen atoms in total. The second kappa shape index (κ2) is 6.78. The van der Waals surface area contributed by atoms with E-state index in [2.05, 4.69) is 34.3 Å². The number of anilines is 1. The first-order valence-corrected chi connectivity index (χ1v) is 8.65. The third-order valence-corrected chi connectivity index (χ3v) is 5.35. The lowest BCUT2D eigenvalue weighted by Crippen LogP contribution is -2.46. The molecular formula is C18H29N3. The van der Waals surface area contributed by atoms with Gasteiger partial charge in [0.05, 0.1) is 0 Å². The van der Waals surface area contributed by atoms with Crippen LogP contribution in [0.25, 0.3) is 0 Å². The Kier molecular flexibility index (Phi) is 4.79. The molecule has 3 rings (SSSR count). The van der Waals surface area contributed by atoms with Crippen molar-refractivity contribution in [3.63, 3.8) is 0 Å². The van der Waals surface area contributed by atoms with E-state index in [9.17, 15) is 0 Å². The number of hydrogen-bond donors (Lipinski definition) is 1. The highest BCUT2D eigenvalue weighted by atomic mass is 15.2. The Bertz CT molecular complexity index is 417. The van der Waals surface area contributed by atoms with E-state index in [1.807, 2.05) is 12.3 Å². The Morgan fingerprint density at radius 1 is 1.19 bits per heavy atom. The third-order valence-electron chi connectivity index (χ3n) is 5.35. The van der Waals surface area contributed by atoms with Gasteiger partial charge < -0.3 is 10.2 Å². The van der Waals surface area contributed by atoms with E-state index in [4.69, 9.17) is 0 Å². The summed E-state index contributed by atoms with van der Waals surface area (Å²) >= 11 is 0. The van der Waals surface area contributed by atoms with Gasteiger partial charge in [-0.1, -0.05) is 32.3 Å². The summed E-state index contributed by atoms with van der Waals surface area (Å²) < 4.78 is 0. The van der Waals surface area contributed by atoms with Gasteiger partial charge in [0.25, 0.3) is 0 Å². The molecule has 1 N–H and O–H groups in total. The van der Waals surface area contributed by atoms with Crippen molar-refractivity contribution in [2.45, 2.75) is 57.9 Å². The molecule has 0 amide bonds. The van der Waals surface area contributed by atoms with Crippen molar-refractivity contribution in [1.82, 2.24) is 10.3 Å². The molecule has 1 saturated heterocycles. The lowest BCUT2D eigenvalue weighted by Gasteiger charge is -2.38. The number of aromatic nitrogens is 1. The quantitative estimate of drug-likeness (QED) is 0.917. The molecule has 0 atom stereocenters. The molecule has 0 aromatic carbocycles. The molecule has 116 valence electrons. The summed E-state index contributed by atoms with van der Waals surface area (Å²) in [6.45, 7) is 5.94. The van der Waals surface area contributed by atoms with Gasteiger partial charge in [-0.15, -0.1) is 0 Å². The fourth-order valence-electron chi connectivity index (χ4n) is 3.83. The summed E-state index contributed by atoms with van der Waals surface area (Å²) in [6.07, 6.45) is 11.5. The molecule has 1 aromatic rings. The molecule has 2 fully saturated rings. The van der Waals surface area contributed by atoms with Gasteiger partial charge >= 0.3 is 0 Å². The Morgan fingerprint density at radius 2 is 1.95 bits per heavy atom. The number of hydrogen-bond acceptors (Lipinski definition) is 3. The zero-order chi connectivity index (χ0) is 14.5. The summed E-state index contributed by atoms with van der Waals surface area (Å²) in [4.78, 5) is 6.88. The van der Waals surface area contributed by atoms with E-state index in [-0.39, 0.29) is 0 Å². The molecule has 3 heteroatoms. The normalized spacial score (nSPS) is 23.2. The predicted octanol–water partition coefficient (Wildman–Crippen LogP) is 3.61. The number of nitrogens with zero attached hydrogens (tertiary/aromatic N) is 2. The van der Waals surface area contributed by atoms with Crippen LogP contribution in [-0.4, -0.2) is 30.7 Å². The van der Waals surface area contributed by atoms with Crippen molar-refractivity contribution in [2.24, 2.45) is 5.41 Å². The summed E-state index contributed by atoms with van der Waals surface area (Å²) in [6, 6.07) is 6.89. The van der Waals surface area contributed by atoms with Crippen LogP contribution < -0.4 is 10.2 Å². The Balaban J connectivity index is 1.43. The summed E-state index contributed by atoms with van der Waals surface area (Å²) in [5, 5.41) is 3.86. The number of piperidine rings is 1. The van der Waals surface area contributed by atoms with Crippen LogP contribution in [0.4, 0.5) is 5.82 Å². The minimum absolute atomic E-state index is 0.552. The standard InChI is InChI=1S/C18H29N3/c1-18(10-4-2-5-11-18)15-20-16-8-13-21(14-9-16)17-7-3-6-12-19-17/h3,6-7,12,16,20H,2,4-5,8-11,13-15H2,1H3. The number of nitrogens with one attached hydrogen (secondary N) is 1. The van der Waals surface area contributed by atoms with E-state index >= 15 is 0 Å². The zero-order valence-corrected chi connectivity index (χ0v) is 13.4. The smallest absolute Gasteiger partial charge is 0.128 e. The molecule has 0 spiro atoms. The third kappa shape index (κ3) is 3.97. The van der Waals surface area contributed by atoms with Crippen LogP contribution in [0.2, 0.25) is 0 Å². The van der Waals surface area contributed by atoms with Gasteiger partial charge in [-0.3, -0.25) is 0 Å². The molecule has 0 bridgehead atoms. The van der Waals surface area contributed by atoms with Crippen LogP contribution in [0.15, 0.2) is 24.4 Å². The molecule has 2 aliphatic rings. The monoisotopic (exact) mass is 287 g/mol. The first-order valence-electron chi connectivity index (χ1n) is 8.65. The molecule has 2 heterocycles. The minimum atomic E-state index is 0.552. The average Bonchev–Trinajstić information content (AvgIpc) is 2.55. The van der Waals surface area contributed by atoms with Crippen LogP contribution in [0.3, 0.4) is 0 Å². The van der Waals surface area contributed by atoms with Crippen LogP contribution in [0.5, 0.6) is 0 Å². The van der Waals surface area contributed by atoms with Crippen molar-refractivity contribution in [1.29, 1.82) is 0 Å². The van der Waals surface area contributed by atoms with Gasteiger partial charge in [-0.2, -0.15) is 0 Å². The number of rotatable bonds is 4. The maximum Gasteiger partial charge on any atom is 0.128 e. The highest BCUT2D eigenvalue weighted by Gasteiger charge is 2.28. The van der Waals surface area contributed by atoms with E-state index in [1.54, 1.807) is 0 Å². The second-order valence-corrected chi connectivity index (χ2v) is 7.20. The maximum absolute atomic E-state index is 4.46. The van der Waals surface area contributed by atoms with Crippen LogP contribution in [-0.2, 0) is 0 Å². The zero-order valence-electron chi connectivity index (χ0n) is 13.4. The molecule has 0 unspecified atom stereocenters. The van der Waals surface area contributed by atoms with Crippen molar-refractivity contribution < 1.29 is 0 Å². The maximum atomic E-state index is 4.46. The molecule has 1 aromatic heterocycles. The van der Waals surface area contributed by atoms with Crippen LogP contribution in [0, 0.1) is 5.41 Å². The van der Waals surface area contributed by atoms with Crippen molar-refractivity contribution in [2.75, 3.05) is 24.5 Å². The summed E-state index contributed by atoms with van der Waals surface area (Å²) in [5.74, 6) is 1.13. The van der Waals surface area contributed by atoms with Gasteiger partial charge in [0.1, 0.15) is 5.82 Å². The summed E-state index contributed by atoms with van der Waals surface area (Å²) in [7, 11) is 0. The van der Waals surface area contributed by atoms with Crippen molar-refractivity contribution >= 4 is 5.82 Å². The fourth-order valence-corrected chi connectivity index (χ4v) is 3.83. The lowest BCUT2D eigenvalue weighted by molar-refractivity contribution is 0.195. The molecular weight excluding hydrogens is 258 g/mol. The highest BCUT2D eigenvalue weighted by Crippen LogP contribution is 2.35. The van der Waals surface area contributed by atoms with Gasteiger partial charge in [0, 0.05) is 31.9 Å². The average molecular weight is 287 g/mol. The fraction of sp³-hybridized carbons (Fsp3) is 0.722. The summed E-state index contributed by atoms with van der Waals surface area (Å²) in [5.41, 5.74) is 0.552. The Hall–Kier alpha value is -1.09. The molecule has 0 radical (unpaired) electrons. The molecule has 21 heavy (non-hydrogen) atoms. The van der Waals surface area contributed by atoms with Gasteiger partial charge in [-0.25, -0.2) is 4.98 Å². The van der Waals surface area contributed by atoms with Crippen LogP contribution in [0.1, 0.15) is 51.9 Å².